The van der Waals surface area contributed by atoms with Gasteiger partial charge in [0, 0.05) is 72.9 Å². The van der Waals surface area contributed by atoms with E-state index in [1.54, 1.807) is 6.21 Å². The predicted molar refractivity (Wildman–Crippen MR) is 544 cm³/mol. The number of unbranched alkanes of at least 4 members (excludes halogenated alkanes) is 30. The topological polar surface area (TPSA) is 612 Å². The highest BCUT2D eigenvalue weighted by Gasteiger charge is 2.48. The molecule has 0 saturated carbocycles. The van der Waals surface area contributed by atoms with Gasteiger partial charge in [-0.1, -0.05) is 206 Å². The Bertz CT molecular complexity index is 3080. The summed E-state index contributed by atoms with van der Waals surface area (Å²) >= 11 is 0. The van der Waals surface area contributed by atoms with Crippen LogP contribution in [-0.2, 0) is 133 Å². The fourth-order valence-corrected chi connectivity index (χ4v) is 16.2. The number of nitrogens with one attached hydrogen (secondary N) is 8. The number of ether oxygens (including phenoxy) is 20. The lowest BCUT2D eigenvalue weighted by Crippen LogP contribution is -2.64. The lowest BCUT2D eigenvalue weighted by molar-refractivity contribution is -0.272. The van der Waals surface area contributed by atoms with Crippen LogP contribution in [0.25, 0.3) is 0 Å². The Morgan fingerprint density at radius 3 is 0.939 bits per heavy atom. The maximum absolute atomic E-state index is 14.0. The van der Waals surface area contributed by atoms with Gasteiger partial charge in [-0.25, -0.2) is 5.43 Å². The first-order chi connectivity index (χ1) is 71.9. The molecule has 3 rings (SSSR count). The lowest BCUT2D eigenvalue weighted by atomic mass is 9.97. The van der Waals surface area contributed by atoms with Crippen molar-refractivity contribution in [2.75, 3.05) is 231 Å². The molecule has 0 aliphatic carbocycles. The molecule has 866 valence electrons. The number of aliphatic hydroxyl groups is 9. The van der Waals surface area contributed by atoms with Crippen molar-refractivity contribution in [1.29, 1.82) is 0 Å². The molecule has 8 amide bonds. The third-order valence-corrected chi connectivity index (χ3v) is 24.4. The third kappa shape index (κ3) is 69.9. The van der Waals surface area contributed by atoms with Gasteiger partial charge in [-0.05, 0) is 19.3 Å². The molecule has 0 radical (unpaired) electrons. The van der Waals surface area contributed by atoms with Gasteiger partial charge in [-0.15, -0.1) is 0 Å². The Balaban J connectivity index is 1.61. The number of hydrogen-bond donors (Lipinski definition) is 17. The second-order valence-corrected chi connectivity index (χ2v) is 37.4. The highest BCUT2D eigenvalue weighted by atomic mass is 16.7. The van der Waals surface area contributed by atoms with Gasteiger partial charge in [0.25, 0.3) is 5.91 Å². The van der Waals surface area contributed by atoms with Gasteiger partial charge in [-0.3, -0.25) is 38.4 Å². The Labute approximate surface area is 877 Å². The van der Waals surface area contributed by atoms with E-state index >= 15 is 0 Å². The molecule has 148 heavy (non-hydrogen) atoms. The molecule has 3 aliphatic rings. The molecule has 0 spiro atoms. The maximum atomic E-state index is 14.0. The van der Waals surface area contributed by atoms with Crippen LogP contribution in [0.3, 0.4) is 0 Å². The monoisotopic (exact) mass is 2130 g/mol. The minimum Gasteiger partial charge on any atom is -0.394 e. The molecule has 16 atom stereocenters. The number of amides is 8. The van der Waals surface area contributed by atoms with Crippen LogP contribution in [0, 0.1) is 0 Å². The number of carbonyl (C=O) groups is 8. The zero-order chi connectivity index (χ0) is 108. The molecule has 0 aromatic carbocycles. The van der Waals surface area contributed by atoms with E-state index in [0.29, 0.717) is 19.8 Å². The highest BCUT2D eigenvalue weighted by molar-refractivity contribution is 5.79. The van der Waals surface area contributed by atoms with Gasteiger partial charge in [0.05, 0.1) is 191 Å². The molecule has 3 fully saturated rings. The predicted octanol–water partition coefficient (Wildman–Crippen LogP) is 2.81. The zero-order valence-electron chi connectivity index (χ0n) is 89.4. The first-order valence-electron chi connectivity index (χ1n) is 54.6. The molecule has 0 aromatic rings. The standard InChI is InChI=1S/C102H191N9O37/c1-6-8-10-12-14-16-18-20-22-24-26-28-30-32-34-36-45-136-73-81(141-46-37-35-33-31-29-27-25-23-21-19-17-15-13-11-9-7-2)69-106-111-89(122)75-138-62-60-132-59-61-137-74-88(121)110-102(76-139-48-40-86(119)104-43-51-130-54-57-134-64-67-143-100-91(108-79(4)116)97(127)94(124)83(71-113)147-100,77-140-49-41-87(120)105-44-52-131-55-58-135-65-68-144-101-92(109-80(5)117)98(128)95(125)84(72-114)148-101)145-47-38-39-85(118)103-42-50-129-53-56-133-63-66-142-99-90(107-78(3)115)96(126)93(123)82(70-112)146-99/h69,81-84,90-101,112-114,123-128H,6-68,70-77H2,1-5H3,(H,103,118)(H,104,119)(H,105,120)(H,107,115)(H,108,116)(H,109,117)(H,110,121)(H,111,122)/b106-69+/t81-,82?,83?,84?,90?,91?,92?,93?,94?,95?,96?,97?,98?,99?,100?,101?,102?/m0/s1. The van der Waals surface area contributed by atoms with Crippen LogP contribution in [-0.4, -0.2) is 434 Å². The largest absolute Gasteiger partial charge is 0.394 e. The maximum Gasteiger partial charge on any atom is 0.266 e. The van der Waals surface area contributed by atoms with Gasteiger partial charge in [0.1, 0.15) is 92.4 Å². The van der Waals surface area contributed by atoms with E-state index in [9.17, 15) is 84.3 Å². The number of rotatable bonds is 101. The van der Waals surface area contributed by atoms with Crippen molar-refractivity contribution in [3.05, 3.63) is 0 Å². The van der Waals surface area contributed by atoms with E-state index in [0.717, 1.165) is 32.1 Å². The van der Waals surface area contributed by atoms with Crippen LogP contribution in [0.2, 0.25) is 0 Å². The van der Waals surface area contributed by atoms with E-state index in [1.165, 1.54) is 194 Å². The van der Waals surface area contributed by atoms with Gasteiger partial charge in [0.2, 0.25) is 41.4 Å². The summed E-state index contributed by atoms with van der Waals surface area (Å²) in [4.78, 5) is 102. The second kappa shape index (κ2) is 92.6. The minimum absolute atomic E-state index is 0.0163. The summed E-state index contributed by atoms with van der Waals surface area (Å²) in [6.45, 7) is 6.94. The summed E-state index contributed by atoms with van der Waals surface area (Å²) in [5.41, 5.74) is 0.697. The third-order valence-electron chi connectivity index (χ3n) is 24.4. The Kier molecular flexibility index (Phi) is 85.3. The van der Waals surface area contributed by atoms with Gasteiger partial charge >= 0.3 is 0 Å². The van der Waals surface area contributed by atoms with E-state index in [1.807, 2.05) is 0 Å². The van der Waals surface area contributed by atoms with Gasteiger partial charge in [0.15, 0.2) is 24.6 Å². The van der Waals surface area contributed by atoms with Crippen LogP contribution in [0.5, 0.6) is 0 Å². The summed E-state index contributed by atoms with van der Waals surface area (Å²) in [5.74, 6) is -3.92. The van der Waals surface area contributed by atoms with Crippen molar-refractivity contribution in [2.45, 2.75) is 370 Å². The van der Waals surface area contributed by atoms with Crippen LogP contribution in [0.4, 0.5) is 0 Å². The molecule has 0 bridgehead atoms. The zero-order valence-corrected chi connectivity index (χ0v) is 89.4. The van der Waals surface area contributed by atoms with Crippen molar-refractivity contribution in [3.8, 4) is 0 Å². The molecule has 3 aliphatic heterocycles. The van der Waals surface area contributed by atoms with Crippen molar-refractivity contribution in [1.82, 2.24) is 42.6 Å². The fraction of sp³-hybridized carbons (Fsp3) is 0.912. The second-order valence-electron chi connectivity index (χ2n) is 37.4. The molecule has 46 heteroatoms. The number of aliphatic hydroxyl groups excluding tert-OH is 9. The van der Waals surface area contributed by atoms with Crippen molar-refractivity contribution < 1.29 is 179 Å². The molecular formula is C102H191N9O37. The van der Waals surface area contributed by atoms with Crippen LogP contribution in [0.1, 0.15) is 266 Å². The van der Waals surface area contributed by atoms with E-state index in [-0.39, 0.29) is 203 Å². The number of hydrazone groups is 1. The lowest BCUT2D eigenvalue weighted by Gasteiger charge is -2.42. The van der Waals surface area contributed by atoms with Crippen molar-refractivity contribution >= 4 is 53.5 Å². The SMILES string of the molecule is CCCCCCCCCCCCCCCCCCOC[C@H](/C=N/NC(=O)COCCOCCOCC(=O)NC(COCCC(=O)NCCOCCOCCOC1OC(CO)C(O)C(O)C1NC(C)=O)(COCCC(=O)NCCOCCOCCOC1OC(CO)C(O)C(O)C1NC(C)=O)OCCCC(=O)NCCOCCOCCOC1OC(CO)C(O)C(O)C1NC(C)=O)OCCCCCCCCCCCCCCCCCC. The normalized spacial score (nSPS) is 21.6. The first-order valence-corrected chi connectivity index (χ1v) is 54.6. The van der Waals surface area contributed by atoms with E-state index in [2.05, 4.69) is 61.6 Å². The molecule has 15 unspecified atom stereocenters. The average molecular weight is 2140 g/mol. The summed E-state index contributed by atoms with van der Waals surface area (Å²) < 4.78 is 115. The van der Waals surface area contributed by atoms with E-state index in [4.69, 9.17) is 94.7 Å². The Hall–Kier alpha value is -5.73. The smallest absolute Gasteiger partial charge is 0.266 e. The van der Waals surface area contributed by atoms with E-state index < -0.39 is 185 Å². The molecule has 0 aromatic heterocycles. The summed E-state index contributed by atoms with van der Waals surface area (Å²) in [7, 11) is 0. The number of hydrogen-bond acceptors (Lipinski definition) is 38. The van der Waals surface area contributed by atoms with Crippen LogP contribution in [0.15, 0.2) is 5.10 Å². The summed E-state index contributed by atoms with van der Waals surface area (Å²) in [5, 5.41) is 114. The van der Waals surface area contributed by atoms with Crippen molar-refractivity contribution in [2.24, 2.45) is 5.10 Å². The van der Waals surface area contributed by atoms with Crippen LogP contribution < -0.4 is 42.6 Å². The average Bonchev–Trinajstić information content (AvgIpc) is 0.815. The minimum atomic E-state index is -1.84. The Morgan fingerprint density at radius 2 is 0.608 bits per heavy atom. The fourth-order valence-electron chi connectivity index (χ4n) is 16.2. The number of nitrogens with zero attached hydrogens (tertiary/aromatic N) is 1. The van der Waals surface area contributed by atoms with Crippen molar-refractivity contribution in [3.63, 3.8) is 0 Å². The molecule has 46 nitrogen and oxygen atoms in total. The molecule has 3 saturated heterocycles. The number of carbonyl (C=O) groups excluding carboxylic acids is 8. The Morgan fingerprint density at radius 1 is 0.311 bits per heavy atom. The van der Waals surface area contributed by atoms with Gasteiger partial charge in [-0.2, -0.15) is 5.10 Å². The molecule has 3 heterocycles. The molecular weight excluding hydrogens is 1940 g/mol. The quantitative estimate of drug-likeness (QED) is 0.0180. The summed E-state index contributed by atoms with van der Waals surface area (Å²) in [6, 6.07) is -3.35. The summed E-state index contributed by atoms with van der Waals surface area (Å²) in [6.07, 6.45) is 25.9. The van der Waals surface area contributed by atoms with Gasteiger partial charge < -0.3 is 178 Å². The van der Waals surface area contributed by atoms with Crippen LogP contribution >= 0.6 is 0 Å². The first kappa shape index (κ1) is 136. The molecule has 17 N–H and O–H groups in total. The highest BCUT2D eigenvalue weighted by Crippen LogP contribution is 2.27.